The van der Waals surface area contributed by atoms with Crippen LogP contribution in [-0.4, -0.2) is 48.4 Å². The molecule has 1 aromatic heterocycles. The number of carbonyl (C=O) groups is 1. The highest BCUT2D eigenvalue weighted by atomic mass is 127. The number of anilines is 1. The van der Waals surface area contributed by atoms with Gasteiger partial charge >= 0.3 is 0 Å². The highest BCUT2D eigenvalue weighted by Gasteiger charge is 2.19. The second-order valence-corrected chi connectivity index (χ2v) is 8.22. The Kier molecular flexibility index (Phi) is 6.26. The van der Waals surface area contributed by atoms with Crippen molar-refractivity contribution in [2.75, 3.05) is 38.0 Å². The third-order valence-electron chi connectivity index (χ3n) is 4.28. The summed E-state index contributed by atoms with van der Waals surface area (Å²) in [6, 6.07) is 8.27. The summed E-state index contributed by atoms with van der Waals surface area (Å²) in [4.78, 5) is 17.0. The summed E-state index contributed by atoms with van der Waals surface area (Å²) in [7, 11) is 0. The van der Waals surface area contributed by atoms with Crippen LogP contribution in [0.2, 0.25) is 0 Å². The number of nitrogens with one attached hydrogen (secondary N) is 1. The van der Waals surface area contributed by atoms with Crippen molar-refractivity contribution in [1.29, 1.82) is 0 Å². The Balaban J connectivity index is 1.44. The van der Waals surface area contributed by atoms with Gasteiger partial charge in [0, 0.05) is 42.0 Å². The summed E-state index contributed by atoms with van der Waals surface area (Å²) in [5, 5.41) is 7.38. The third-order valence-corrected chi connectivity index (χ3v) is 5.68. The van der Waals surface area contributed by atoms with Gasteiger partial charge in [-0.05, 0) is 75.7 Å². The lowest BCUT2D eigenvalue weighted by Gasteiger charge is -2.34. The molecule has 0 radical (unpaired) electrons. The molecule has 2 aromatic rings. The van der Waals surface area contributed by atoms with Gasteiger partial charge in [0.15, 0.2) is 0 Å². The largest absolute Gasteiger partial charge is 0.325 e. The van der Waals surface area contributed by atoms with E-state index in [0.29, 0.717) is 6.54 Å². The average molecular weight is 455 g/mol. The molecule has 0 aliphatic carbocycles. The molecule has 1 aliphatic heterocycles. The molecule has 0 unspecified atom stereocenters. The number of hydrogen-bond donors (Lipinski definition) is 1. The Morgan fingerprint density at radius 3 is 2.62 bits per heavy atom. The van der Waals surface area contributed by atoms with Crippen LogP contribution in [0.15, 0.2) is 35.0 Å². The fraction of sp³-hybridized carbons (Fsp3) is 0.389. The molecule has 1 fully saturated rings. The van der Waals surface area contributed by atoms with Crippen molar-refractivity contribution in [1.82, 2.24) is 9.80 Å². The molecule has 0 bridgehead atoms. The van der Waals surface area contributed by atoms with E-state index in [1.54, 1.807) is 11.3 Å². The van der Waals surface area contributed by atoms with E-state index in [1.165, 1.54) is 9.13 Å². The molecular weight excluding hydrogens is 433 g/mol. The van der Waals surface area contributed by atoms with Gasteiger partial charge in [0.25, 0.3) is 0 Å². The number of aryl methyl sites for hydroxylation is 1. The Labute approximate surface area is 161 Å². The first-order valence-electron chi connectivity index (χ1n) is 8.12. The molecule has 1 amide bonds. The van der Waals surface area contributed by atoms with Crippen LogP contribution in [0, 0.1) is 10.5 Å². The minimum atomic E-state index is 0.0746. The Morgan fingerprint density at radius 2 is 1.96 bits per heavy atom. The zero-order valence-electron chi connectivity index (χ0n) is 13.8. The first kappa shape index (κ1) is 17.8. The van der Waals surface area contributed by atoms with Gasteiger partial charge in [-0.15, -0.1) is 0 Å². The fourth-order valence-corrected chi connectivity index (χ4v) is 4.21. The van der Waals surface area contributed by atoms with Crippen LogP contribution in [0.3, 0.4) is 0 Å². The molecule has 6 heteroatoms. The van der Waals surface area contributed by atoms with E-state index in [-0.39, 0.29) is 5.91 Å². The number of nitrogens with zero attached hydrogens (tertiary/aromatic N) is 2. The van der Waals surface area contributed by atoms with Crippen LogP contribution in [0.25, 0.3) is 0 Å². The number of rotatable bonds is 5. The zero-order valence-corrected chi connectivity index (χ0v) is 16.8. The first-order chi connectivity index (χ1) is 11.6. The summed E-state index contributed by atoms with van der Waals surface area (Å²) in [6.45, 7) is 7.45. The molecule has 0 saturated carbocycles. The van der Waals surface area contributed by atoms with Gasteiger partial charge in [-0.3, -0.25) is 14.6 Å². The predicted molar refractivity (Wildman–Crippen MR) is 109 cm³/mol. The van der Waals surface area contributed by atoms with Crippen LogP contribution in [0.4, 0.5) is 5.69 Å². The van der Waals surface area contributed by atoms with Crippen LogP contribution in [-0.2, 0) is 11.3 Å². The number of benzene rings is 1. The van der Waals surface area contributed by atoms with Crippen molar-refractivity contribution in [2.24, 2.45) is 0 Å². The van der Waals surface area contributed by atoms with Crippen LogP contribution in [0.1, 0.15) is 11.1 Å². The highest BCUT2D eigenvalue weighted by Crippen LogP contribution is 2.18. The summed E-state index contributed by atoms with van der Waals surface area (Å²) >= 11 is 4.03. The summed E-state index contributed by atoms with van der Waals surface area (Å²) < 4.78 is 1.19. The molecule has 3 rings (SSSR count). The second-order valence-electron chi connectivity index (χ2n) is 6.19. The standard InChI is InChI=1S/C18H22IN3OS/c1-14-10-16(19)2-3-17(14)20-18(23)12-22-7-5-21(6-8-22)11-15-4-9-24-13-15/h2-4,9-10,13H,5-8,11-12H2,1H3,(H,20,23). The fourth-order valence-electron chi connectivity index (χ4n) is 2.91. The minimum absolute atomic E-state index is 0.0746. The van der Waals surface area contributed by atoms with Crippen molar-refractivity contribution in [3.05, 3.63) is 49.7 Å². The molecular formula is C18H22IN3OS. The van der Waals surface area contributed by atoms with Crippen molar-refractivity contribution < 1.29 is 4.79 Å². The first-order valence-corrected chi connectivity index (χ1v) is 10.1. The van der Waals surface area contributed by atoms with Gasteiger partial charge in [-0.1, -0.05) is 0 Å². The van der Waals surface area contributed by atoms with Gasteiger partial charge in [-0.2, -0.15) is 11.3 Å². The summed E-state index contributed by atoms with van der Waals surface area (Å²) in [6.07, 6.45) is 0. The Bertz CT molecular complexity index is 682. The maximum atomic E-state index is 12.3. The molecule has 2 heterocycles. The van der Waals surface area contributed by atoms with E-state index >= 15 is 0 Å². The zero-order chi connectivity index (χ0) is 16.9. The monoisotopic (exact) mass is 455 g/mol. The molecule has 1 aliphatic rings. The molecule has 0 atom stereocenters. The second kappa shape index (κ2) is 8.42. The number of thiophene rings is 1. The van der Waals surface area contributed by atoms with E-state index in [4.69, 9.17) is 0 Å². The lowest BCUT2D eigenvalue weighted by atomic mass is 10.2. The molecule has 24 heavy (non-hydrogen) atoms. The maximum absolute atomic E-state index is 12.3. The van der Waals surface area contributed by atoms with E-state index in [1.807, 2.05) is 19.1 Å². The molecule has 1 N–H and O–H groups in total. The van der Waals surface area contributed by atoms with Crippen molar-refractivity contribution in [2.45, 2.75) is 13.5 Å². The molecule has 1 saturated heterocycles. The lowest BCUT2D eigenvalue weighted by molar-refractivity contribution is -0.117. The molecule has 0 spiro atoms. The van der Waals surface area contributed by atoms with Gasteiger partial charge in [0.05, 0.1) is 6.54 Å². The third kappa shape index (κ3) is 5.02. The van der Waals surface area contributed by atoms with Crippen molar-refractivity contribution >= 4 is 45.5 Å². The normalized spacial score (nSPS) is 16.2. The van der Waals surface area contributed by atoms with Crippen LogP contribution in [0.5, 0.6) is 0 Å². The van der Waals surface area contributed by atoms with E-state index in [2.05, 4.69) is 60.6 Å². The van der Waals surface area contributed by atoms with Gasteiger partial charge in [0.2, 0.25) is 5.91 Å². The maximum Gasteiger partial charge on any atom is 0.238 e. The highest BCUT2D eigenvalue weighted by molar-refractivity contribution is 14.1. The SMILES string of the molecule is Cc1cc(I)ccc1NC(=O)CN1CCN(Cc2ccsc2)CC1. The topological polar surface area (TPSA) is 35.6 Å². The number of amides is 1. The molecule has 128 valence electrons. The van der Waals surface area contributed by atoms with Gasteiger partial charge < -0.3 is 5.32 Å². The van der Waals surface area contributed by atoms with Crippen LogP contribution >= 0.6 is 33.9 Å². The van der Waals surface area contributed by atoms with E-state index in [9.17, 15) is 4.79 Å². The average Bonchev–Trinajstić information content (AvgIpc) is 3.05. The number of hydrogen-bond acceptors (Lipinski definition) is 4. The molecule has 4 nitrogen and oxygen atoms in total. The lowest BCUT2D eigenvalue weighted by Crippen LogP contribution is -2.48. The summed E-state index contributed by atoms with van der Waals surface area (Å²) in [5.74, 6) is 0.0746. The minimum Gasteiger partial charge on any atom is -0.325 e. The van der Waals surface area contributed by atoms with E-state index < -0.39 is 0 Å². The number of carbonyl (C=O) groups excluding carboxylic acids is 1. The smallest absolute Gasteiger partial charge is 0.238 e. The predicted octanol–water partition coefficient (Wildman–Crippen LogP) is 3.42. The Hall–Kier alpha value is -0.960. The van der Waals surface area contributed by atoms with Crippen molar-refractivity contribution in [3.8, 4) is 0 Å². The molecule has 1 aromatic carbocycles. The van der Waals surface area contributed by atoms with Gasteiger partial charge in [0.1, 0.15) is 0 Å². The van der Waals surface area contributed by atoms with E-state index in [0.717, 1.165) is 44.0 Å². The van der Waals surface area contributed by atoms with Gasteiger partial charge in [-0.25, -0.2) is 0 Å². The Morgan fingerprint density at radius 1 is 1.21 bits per heavy atom. The number of piperazine rings is 1. The quantitative estimate of drug-likeness (QED) is 0.703. The van der Waals surface area contributed by atoms with Crippen molar-refractivity contribution in [3.63, 3.8) is 0 Å². The summed E-state index contributed by atoms with van der Waals surface area (Å²) in [5.41, 5.74) is 3.41. The number of halogens is 1. The van der Waals surface area contributed by atoms with Crippen LogP contribution < -0.4 is 5.32 Å².